The summed E-state index contributed by atoms with van der Waals surface area (Å²) < 4.78 is 23.8. The van der Waals surface area contributed by atoms with Gasteiger partial charge in [-0.25, -0.2) is 13.1 Å². The molecular weight excluding hydrogens is 166 g/mol. The summed E-state index contributed by atoms with van der Waals surface area (Å²) in [4.78, 5) is 0. The highest BCUT2D eigenvalue weighted by atomic mass is 32.2. The summed E-state index contributed by atoms with van der Waals surface area (Å²) in [5.74, 6) is 0. The molecule has 0 spiro atoms. The van der Waals surface area contributed by atoms with Crippen molar-refractivity contribution in [1.29, 1.82) is 0 Å². The van der Waals surface area contributed by atoms with E-state index in [2.05, 4.69) is 4.72 Å². The molecule has 1 atom stereocenters. The molecule has 4 nitrogen and oxygen atoms in total. The molecule has 0 heterocycles. The molecule has 0 amide bonds. The van der Waals surface area contributed by atoms with Crippen LogP contribution in [0.4, 0.5) is 0 Å². The van der Waals surface area contributed by atoms with Crippen LogP contribution in [0, 0.1) is 0 Å². The van der Waals surface area contributed by atoms with Gasteiger partial charge in [0, 0.05) is 12.6 Å². The molecular formula is C6H15NO3S. The lowest BCUT2D eigenvalue weighted by Gasteiger charge is -2.12. The van der Waals surface area contributed by atoms with Gasteiger partial charge in [-0.1, -0.05) is 6.92 Å². The second-order valence-electron chi connectivity index (χ2n) is 2.51. The molecule has 0 aliphatic rings. The topological polar surface area (TPSA) is 66.4 Å². The van der Waals surface area contributed by atoms with Crippen LogP contribution in [0.25, 0.3) is 0 Å². The molecule has 0 aromatic heterocycles. The third kappa shape index (κ3) is 6.28. The van der Waals surface area contributed by atoms with Gasteiger partial charge in [-0.15, -0.1) is 0 Å². The lowest BCUT2D eigenvalue weighted by atomic mass is 10.2. The third-order valence-electron chi connectivity index (χ3n) is 1.35. The van der Waals surface area contributed by atoms with Gasteiger partial charge in [0.05, 0.1) is 6.26 Å². The monoisotopic (exact) mass is 181 g/mol. The minimum absolute atomic E-state index is 0.0149. The van der Waals surface area contributed by atoms with E-state index in [1.54, 1.807) is 0 Å². The number of sulfonamides is 1. The fourth-order valence-electron chi connectivity index (χ4n) is 0.805. The van der Waals surface area contributed by atoms with Gasteiger partial charge in [0.1, 0.15) is 0 Å². The average molecular weight is 181 g/mol. The summed E-state index contributed by atoms with van der Waals surface area (Å²) in [6, 6.07) is -0.130. The van der Waals surface area contributed by atoms with Crippen molar-refractivity contribution in [1.82, 2.24) is 4.72 Å². The van der Waals surface area contributed by atoms with E-state index in [0.717, 1.165) is 6.26 Å². The largest absolute Gasteiger partial charge is 0.396 e. The number of rotatable bonds is 5. The molecule has 0 rings (SSSR count). The molecule has 0 bridgehead atoms. The highest BCUT2D eigenvalue weighted by molar-refractivity contribution is 7.88. The molecule has 0 fully saturated rings. The quantitative estimate of drug-likeness (QED) is 0.612. The smallest absolute Gasteiger partial charge is 0.208 e. The minimum atomic E-state index is -3.12. The normalized spacial score (nSPS) is 14.8. The number of hydrogen-bond acceptors (Lipinski definition) is 3. The Morgan fingerprint density at radius 3 is 2.36 bits per heavy atom. The molecule has 0 saturated carbocycles. The Morgan fingerprint density at radius 1 is 1.55 bits per heavy atom. The Hall–Kier alpha value is -0.130. The number of nitrogens with one attached hydrogen (secondary N) is 1. The maximum Gasteiger partial charge on any atom is 0.208 e. The Labute approximate surface area is 67.7 Å². The summed E-state index contributed by atoms with van der Waals surface area (Å²) in [6.45, 7) is 1.89. The summed E-state index contributed by atoms with van der Waals surface area (Å²) in [7, 11) is -3.12. The molecule has 0 aromatic rings. The lowest BCUT2D eigenvalue weighted by molar-refractivity contribution is 0.270. The maximum absolute atomic E-state index is 10.7. The van der Waals surface area contributed by atoms with Crippen molar-refractivity contribution in [3.63, 3.8) is 0 Å². The van der Waals surface area contributed by atoms with E-state index < -0.39 is 10.0 Å². The molecule has 1 unspecified atom stereocenters. The van der Waals surface area contributed by atoms with E-state index in [4.69, 9.17) is 5.11 Å². The van der Waals surface area contributed by atoms with Crippen molar-refractivity contribution in [2.24, 2.45) is 0 Å². The number of aliphatic hydroxyl groups is 1. The van der Waals surface area contributed by atoms with E-state index in [0.29, 0.717) is 12.8 Å². The van der Waals surface area contributed by atoms with Crippen molar-refractivity contribution in [3.8, 4) is 0 Å². The molecule has 68 valence electrons. The van der Waals surface area contributed by atoms with Crippen LogP contribution < -0.4 is 4.72 Å². The van der Waals surface area contributed by atoms with Gasteiger partial charge in [0.2, 0.25) is 10.0 Å². The zero-order chi connectivity index (χ0) is 8.91. The van der Waals surface area contributed by atoms with Crippen molar-refractivity contribution < 1.29 is 13.5 Å². The Bertz CT molecular complexity index is 188. The van der Waals surface area contributed by atoms with Crippen LogP contribution in [0.1, 0.15) is 19.8 Å². The molecule has 2 N–H and O–H groups in total. The van der Waals surface area contributed by atoms with Gasteiger partial charge in [-0.05, 0) is 12.8 Å². The van der Waals surface area contributed by atoms with Gasteiger partial charge >= 0.3 is 0 Å². The van der Waals surface area contributed by atoms with E-state index >= 15 is 0 Å². The predicted molar refractivity (Wildman–Crippen MR) is 43.8 cm³/mol. The molecule has 0 aliphatic heterocycles. The van der Waals surface area contributed by atoms with Gasteiger partial charge in [0.25, 0.3) is 0 Å². The van der Waals surface area contributed by atoms with E-state index in [1.807, 2.05) is 6.92 Å². The number of hydrogen-bond donors (Lipinski definition) is 2. The summed E-state index contributed by atoms with van der Waals surface area (Å²) in [5, 5.41) is 8.53. The first-order chi connectivity index (χ1) is 4.99. The predicted octanol–water partition coefficient (Wildman–Crippen LogP) is -0.303. The SMILES string of the molecule is CCC(CCO)NS(C)(=O)=O. The zero-order valence-electron chi connectivity index (χ0n) is 6.87. The minimum Gasteiger partial charge on any atom is -0.396 e. The Kier molecular flexibility index (Phi) is 4.63. The van der Waals surface area contributed by atoms with Gasteiger partial charge < -0.3 is 5.11 Å². The van der Waals surface area contributed by atoms with Gasteiger partial charge in [-0.3, -0.25) is 0 Å². The molecule has 0 aromatic carbocycles. The molecule has 0 aliphatic carbocycles. The number of aliphatic hydroxyl groups excluding tert-OH is 1. The van der Waals surface area contributed by atoms with Crippen molar-refractivity contribution in [2.75, 3.05) is 12.9 Å². The second kappa shape index (κ2) is 4.69. The first-order valence-electron chi connectivity index (χ1n) is 3.57. The zero-order valence-corrected chi connectivity index (χ0v) is 7.69. The van der Waals surface area contributed by atoms with Crippen LogP contribution in [-0.4, -0.2) is 32.4 Å². The highest BCUT2D eigenvalue weighted by Gasteiger charge is 2.10. The summed E-state index contributed by atoms with van der Waals surface area (Å²) in [5.41, 5.74) is 0. The van der Waals surface area contributed by atoms with Crippen LogP contribution >= 0.6 is 0 Å². The van der Waals surface area contributed by atoms with Gasteiger partial charge in [0.15, 0.2) is 0 Å². The van der Waals surface area contributed by atoms with Crippen LogP contribution in [0.2, 0.25) is 0 Å². The van der Waals surface area contributed by atoms with E-state index in [9.17, 15) is 8.42 Å². The standard InChI is InChI=1S/C6H15NO3S/c1-3-6(4-5-8)7-11(2,9)10/h6-8H,3-5H2,1-2H3. The molecule has 5 heteroatoms. The van der Waals surface area contributed by atoms with E-state index in [-0.39, 0.29) is 12.6 Å². The van der Waals surface area contributed by atoms with E-state index in [1.165, 1.54) is 0 Å². The third-order valence-corrected chi connectivity index (χ3v) is 2.11. The van der Waals surface area contributed by atoms with Crippen LogP contribution in [0.15, 0.2) is 0 Å². The van der Waals surface area contributed by atoms with Crippen LogP contribution in [0.5, 0.6) is 0 Å². The van der Waals surface area contributed by atoms with Crippen LogP contribution in [0.3, 0.4) is 0 Å². The molecule has 0 saturated heterocycles. The summed E-state index contributed by atoms with van der Waals surface area (Å²) >= 11 is 0. The Balaban J connectivity index is 3.88. The first kappa shape index (κ1) is 10.9. The van der Waals surface area contributed by atoms with Crippen molar-refractivity contribution in [3.05, 3.63) is 0 Å². The van der Waals surface area contributed by atoms with Crippen LogP contribution in [-0.2, 0) is 10.0 Å². The summed E-state index contributed by atoms with van der Waals surface area (Å²) in [6.07, 6.45) is 2.30. The van der Waals surface area contributed by atoms with Crippen molar-refractivity contribution >= 4 is 10.0 Å². The Morgan fingerprint density at radius 2 is 2.09 bits per heavy atom. The lowest BCUT2D eigenvalue weighted by Crippen LogP contribution is -2.34. The molecule has 0 radical (unpaired) electrons. The molecule has 11 heavy (non-hydrogen) atoms. The fraction of sp³-hybridized carbons (Fsp3) is 1.00. The first-order valence-corrected chi connectivity index (χ1v) is 5.47. The maximum atomic E-state index is 10.7. The fourth-order valence-corrected chi connectivity index (χ4v) is 1.69. The second-order valence-corrected chi connectivity index (χ2v) is 4.29. The highest BCUT2D eigenvalue weighted by Crippen LogP contribution is 1.97. The van der Waals surface area contributed by atoms with Gasteiger partial charge in [-0.2, -0.15) is 0 Å². The average Bonchev–Trinajstić information content (AvgIpc) is 1.84. The van der Waals surface area contributed by atoms with Crippen molar-refractivity contribution in [2.45, 2.75) is 25.8 Å².